The molecule has 0 spiro atoms. The number of likely N-dealkylation sites (N-methyl/N-ethyl adjacent to an activating group) is 1. The molecule has 0 radical (unpaired) electrons. The van der Waals surface area contributed by atoms with Crippen molar-refractivity contribution in [2.45, 2.75) is 31.2 Å². The summed E-state index contributed by atoms with van der Waals surface area (Å²) in [5.74, 6) is -0.201. The second-order valence-corrected chi connectivity index (χ2v) is 7.26. The van der Waals surface area contributed by atoms with E-state index in [1.165, 1.54) is 12.1 Å². The number of rotatable bonds is 3. The second kappa shape index (κ2) is 7.72. The van der Waals surface area contributed by atoms with E-state index in [1.807, 2.05) is 25.2 Å². The van der Waals surface area contributed by atoms with Gasteiger partial charge in [0.05, 0.1) is 0 Å². The number of Topliss-reactive ketones (excluding diaryl/α,β-unsaturated/α-hetero) is 1. The van der Waals surface area contributed by atoms with Crippen LogP contribution in [0.4, 0.5) is 10.1 Å². The first-order valence-electron chi connectivity index (χ1n) is 8.54. The molecule has 1 fully saturated rings. The van der Waals surface area contributed by atoms with Crippen LogP contribution in [-0.4, -0.2) is 22.8 Å². The highest BCUT2D eigenvalue weighted by Crippen LogP contribution is 2.42. The Morgan fingerprint density at radius 2 is 1.88 bits per heavy atom. The minimum atomic E-state index is -0.888. The molecule has 3 rings (SSSR count). The van der Waals surface area contributed by atoms with E-state index in [1.54, 1.807) is 23.1 Å². The Labute approximate surface area is 163 Å². The monoisotopic (exact) mass is 390 g/mol. The molecule has 26 heavy (non-hydrogen) atoms. The van der Waals surface area contributed by atoms with Crippen LogP contribution < -0.4 is 5.32 Å². The van der Waals surface area contributed by atoms with Crippen molar-refractivity contribution in [2.24, 2.45) is 0 Å². The summed E-state index contributed by atoms with van der Waals surface area (Å²) in [6.07, 6.45) is 2.93. The summed E-state index contributed by atoms with van der Waals surface area (Å²) in [6, 6.07) is 13.4. The Kier molecular flexibility index (Phi) is 5.58. The molecule has 0 amide bonds. The van der Waals surface area contributed by atoms with Gasteiger partial charge in [-0.1, -0.05) is 29.8 Å². The predicted octanol–water partition coefficient (Wildman–Crippen LogP) is 5.15. The first kappa shape index (κ1) is 18.8. The number of ketones is 1. The predicted molar refractivity (Wildman–Crippen MR) is 107 cm³/mol. The average Bonchev–Trinajstić information content (AvgIpc) is 2.64. The summed E-state index contributed by atoms with van der Waals surface area (Å²) < 4.78 is 13.1. The fourth-order valence-corrected chi connectivity index (χ4v) is 4.11. The first-order valence-corrected chi connectivity index (χ1v) is 9.32. The molecule has 1 aliphatic rings. The third-order valence-electron chi connectivity index (χ3n) is 4.95. The molecule has 0 aromatic heterocycles. The van der Waals surface area contributed by atoms with Crippen molar-refractivity contribution in [1.82, 2.24) is 4.90 Å². The number of nitrogens with one attached hydrogen (secondary N) is 1. The lowest BCUT2D eigenvalue weighted by molar-refractivity contribution is -0.131. The number of nitrogens with zero attached hydrogens (tertiary/aromatic N) is 1. The lowest BCUT2D eigenvalue weighted by Gasteiger charge is -2.45. The number of anilines is 1. The summed E-state index contributed by atoms with van der Waals surface area (Å²) in [5, 5.41) is 4.05. The van der Waals surface area contributed by atoms with E-state index in [9.17, 15) is 9.18 Å². The molecule has 6 heteroatoms. The fourth-order valence-electron chi connectivity index (χ4n) is 3.54. The average molecular weight is 391 g/mol. The molecule has 136 valence electrons. The molecular weight excluding hydrogens is 371 g/mol. The molecule has 0 saturated heterocycles. The van der Waals surface area contributed by atoms with E-state index >= 15 is 0 Å². The molecule has 2 aromatic carbocycles. The molecule has 1 N–H and O–H groups in total. The number of thiocarbonyl (C=S) groups is 1. The van der Waals surface area contributed by atoms with Gasteiger partial charge in [0.25, 0.3) is 0 Å². The van der Waals surface area contributed by atoms with Crippen molar-refractivity contribution in [3.63, 3.8) is 0 Å². The van der Waals surface area contributed by atoms with Gasteiger partial charge >= 0.3 is 0 Å². The molecule has 0 bridgehead atoms. The zero-order valence-corrected chi connectivity index (χ0v) is 16.0. The van der Waals surface area contributed by atoms with Gasteiger partial charge in [0.15, 0.2) is 10.9 Å². The topological polar surface area (TPSA) is 32.3 Å². The lowest BCUT2D eigenvalue weighted by Crippen LogP contribution is -2.55. The molecule has 2 aromatic rings. The Bertz CT molecular complexity index is 827. The van der Waals surface area contributed by atoms with Gasteiger partial charge in [-0.2, -0.15) is 0 Å². The Morgan fingerprint density at radius 1 is 1.19 bits per heavy atom. The zero-order chi connectivity index (χ0) is 18.7. The van der Waals surface area contributed by atoms with Crippen molar-refractivity contribution in [1.29, 1.82) is 0 Å². The van der Waals surface area contributed by atoms with E-state index < -0.39 is 5.54 Å². The largest absolute Gasteiger partial charge is 0.335 e. The van der Waals surface area contributed by atoms with E-state index in [-0.39, 0.29) is 11.6 Å². The molecule has 1 aliphatic carbocycles. The Balaban J connectivity index is 1.96. The van der Waals surface area contributed by atoms with Crippen molar-refractivity contribution in [2.75, 3.05) is 12.4 Å². The highest BCUT2D eigenvalue weighted by Gasteiger charge is 2.47. The normalized spacial score (nSPS) is 19.9. The number of halogens is 2. The number of hydrogen-bond donors (Lipinski definition) is 1. The highest BCUT2D eigenvalue weighted by molar-refractivity contribution is 7.80. The van der Waals surface area contributed by atoms with Gasteiger partial charge in [0.2, 0.25) is 0 Å². The molecule has 0 unspecified atom stereocenters. The summed E-state index contributed by atoms with van der Waals surface area (Å²) in [7, 11) is 1.81. The SMILES string of the molecule is CN(C(=S)Nc1ccc(F)cc1)[C@]1(c2ccccc2Cl)CCCCC1=O. The van der Waals surface area contributed by atoms with Crippen LogP contribution in [0, 0.1) is 5.82 Å². The van der Waals surface area contributed by atoms with E-state index in [4.69, 9.17) is 23.8 Å². The van der Waals surface area contributed by atoms with Crippen LogP contribution in [0.1, 0.15) is 31.2 Å². The molecule has 0 aliphatic heterocycles. The maximum Gasteiger partial charge on any atom is 0.174 e. The van der Waals surface area contributed by atoms with Crippen molar-refractivity contribution in [3.8, 4) is 0 Å². The smallest absolute Gasteiger partial charge is 0.174 e. The van der Waals surface area contributed by atoms with Gasteiger partial charge in [-0.05, 0) is 61.8 Å². The van der Waals surface area contributed by atoms with Crippen molar-refractivity contribution >= 4 is 40.4 Å². The van der Waals surface area contributed by atoms with Gasteiger partial charge in [0, 0.05) is 29.7 Å². The van der Waals surface area contributed by atoms with Crippen LogP contribution >= 0.6 is 23.8 Å². The standard InChI is InChI=1S/C20H20ClFN2OS/c1-24(19(26)23-15-11-9-14(22)10-12-15)20(13-5-4-8-18(20)25)16-6-2-3-7-17(16)21/h2-3,6-7,9-12H,4-5,8,13H2,1H3,(H,23,26)/t20-/m0/s1. The van der Waals surface area contributed by atoms with Crippen molar-refractivity contribution < 1.29 is 9.18 Å². The summed E-state index contributed by atoms with van der Waals surface area (Å²) in [6.45, 7) is 0. The van der Waals surface area contributed by atoms with E-state index in [0.717, 1.165) is 18.4 Å². The maximum atomic E-state index is 13.1. The molecule has 3 nitrogen and oxygen atoms in total. The molecular formula is C20H20ClFN2OS. The minimum absolute atomic E-state index is 0.114. The van der Waals surface area contributed by atoms with E-state index in [2.05, 4.69) is 5.32 Å². The number of carbonyl (C=O) groups is 1. The maximum absolute atomic E-state index is 13.1. The second-order valence-electron chi connectivity index (χ2n) is 6.47. The zero-order valence-electron chi connectivity index (χ0n) is 14.5. The number of benzene rings is 2. The van der Waals surface area contributed by atoms with Gasteiger partial charge in [0.1, 0.15) is 11.4 Å². The van der Waals surface area contributed by atoms with Gasteiger partial charge < -0.3 is 10.2 Å². The van der Waals surface area contributed by atoms with Gasteiger partial charge in [-0.25, -0.2) is 4.39 Å². The minimum Gasteiger partial charge on any atom is -0.335 e. The van der Waals surface area contributed by atoms with Gasteiger partial charge in [-0.3, -0.25) is 4.79 Å². The third kappa shape index (κ3) is 3.46. The van der Waals surface area contributed by atoms with Crippen LogP contribution in [0.3, 0.4) is 0 Å². The quantitative estimate of drug-likeness (QED) is 0.735. The fraction of sp³-hybridized carbons (Fsp3) is 0.300. The number of hydrogen-bond acceptors (Lipinski definition) is 2. The number of carbonyl (C=O) groups excluding carboxylic acids is 1. The van der Waals surface area contributed by atoms with Crippen molar-refractivity contribution in [3.05, 3.63) is 64.9 Å². The highest BCUT2D eigenvalue weighted by atomic mass is 35.5. The van der Waals surface area contributed by atoms with Gasteiger partial charge in [-0.15, -0.1) is 0 Å². The van der Waals surface area contributed by atoms with Crippen LogP contribution in [0.25, 0.3) is 0 Å². The summed E-state index contributed by atoms with van der Waals surface area (Å²) in [5.41, 5.74) is 0.554. The lowest BCUT2D eigenvalue weighted by atomic mass is 9.74. The van der Waals surface area contributed by atoms with Crippen LogP contribution in [-0.2, 0) is 10.3 Å². The Hall–Kier alpha value is -1.98. The third-order valence-corrected chi connectivity index (χ3v) is 5.65. The van der Waals surface area contributed by atoms with Crippen LogP contribution in [0.2, 0.25) is 5.02 Å². The first-order chi connectivity index (χ1) is 12.4. The summed E-state index contributed by atoms with van der Waals surface area (Å²) in [4.78, 5) is 14.9. The van der Waals surface area contributed by atoms with Crippen LogP contribution in [0.5, 0.6) is 0 Å². The van der Waals surface area contributed by atoms with Crippen LogP contribution in [0.15, 0.2) is 48.5 Å². The Morgan fingerprint density at radius 3 is 2.54 bits per heavy atom. The molecule has 1 atom stereocenters. The van der Waals surface area contributed by atoms with E-state index in [0.29, 0.717) is 28.7 Å². The molecule has 1 saturated carbocycles. The molecule has 0 heterocycles. The summed E-state index contributed by atoms with van der Waals surface area (Å²) >= 11 is 12.0.